The van der Waals surface area contributed by atoms with Crippen LogP contribution in [0.1, 0.15) is 36.9 Å². The van der Waals surface area contributed by atoms with Crippen LogP contribution in [0.25, 0.3) is 0 Å². The molecule has 15 heavy (non-hydrogen) atoms. The van der Waals surface area contributed by atoms with E-state index in [-0.39, 0.29) is 18.4 Å². The van der Waals surface area contributed by atoms with E-state index in [2.05, 4.69) is 13.0 Å². The van der Waals surface area contributed by atoms with Gasteiger partial charge in [-0.25, -0.2) is 0 Å². The Morgan fingerprint density at radius 1 is 1.40 bits per heavy atom. The van der Waals surface area contributed by atoms with Gasteiger partial charge < -0.3 is 10.5 Å². The SMILES string of the molecule is CCC[C@H](N)c1ccc(OC)c(C)c1.Cl. The lowest BCUT2D eigenvalue weighted by molar-refractivity contribution is 0.411. The molecule has 0 saturated carbocycles. The maximum Gasteiger partial charge on any atom is 0.121 e. The van der Waals surface area contributed by atoms with Crippen LogP contribution in [0, 0.1) is 6.92 Å². The van der Waals surface area contributed by atoms with E-state index in [1.807, 2.05) is 19.1 Å². The van der Waals surface area contributed by atoms with Crippen molar-refractivity contribution in [1.29, 1.82) is 0 Å². The second kappa shape index (κ2) is 6.70. The molecule has 0 unspecified atom stereocenters. The lowest BCUT2D eigenvalue weighted by Crippen LogP contribution is -2.09. The third-order valence-corrected chi connectivity index (χ3v) is 2.45. The molecule has 0 aromatic heterocycles. The van der Waals surface area contributed by atoms with Crippen molar-refractivity contribution in [3.05, 3.63) is 29.3 Å². The largest absolute Gasteiger partial charge is 0.496 e. The minimum absolute atomic E-state index is 0. The monoisotopic (exact) mass is 229 g/mol. The minimum Gasteiger partial charge on any atom is -0.496 e. The molecule has 1 aromatic carbocycles. The van der Waals surface area contributed by atoms with E-state index in [0.29, 0.717) is 0 Å². The van der Waals surface area contributed by atoms with Crippen LogP contribution in [0.15, 0.2) is 18.2 Å². The van der Waals surface area contributed by atoms with Crippen molar-refractivity contribution in [1.82, 2.24) is 0 Å². The molecule has 0 aliphatic rings. The summed E-state index contributed by atoms with van der Waals surface area (Å²) in [5.41, 5.74) is 8.37. The van der Waals surface area contributed by atoms with Crippen molar-refractivity contribution < 1.29 is 4.74 Å². The van der Waals surface area contributed by atoms with Crippen molar-refractivity contribution in [2.24, 2.45) is 5.73 Å². The number of benzene rings is 1. The van der Waals surface area contributed by atoms with E-state index in [1.165, 1.54) is 5.56 Å². The smallest absolute Gasteiger partial charge is 0.121 e. The Hall–Kier alpha value is -0.730. The Bertz CT molecular complexity index is 302. The molecule has 0 aliphatic carbocycles. The fourth-order valence-electron chi connectivity index (χ4n) is 1.61. The molecule has 86 valence electrons. The van der Waals surface area contributed by atoms with Crippen molar-refractivity contribution in [2.75, 3.05) is 7.11 Å². The Balaban J connectivity index is 0.00000196. The van der Waals surface area contributed by atoms with Crippen molar-refractivity contribution in [3.63, 3.8) is 0 Å². The van der Waals surface area contributed by atoms with Gasteiger partial charge in [-0.1, -0.05) is 25.5 Å². The predicted octanol–water partition coefficient (Wildman–Crippen LogP) is 3.23. The summed E-state index contributed by atoms with van der Waals surface area (Å²) in [5, 5.41) is 0. The first-order chi connectivity index (χ1) is 6.69. The van der Waals surface area contributed by atoms with E-state index in [0.717, 1.165) is 24.2 Å². The van der Waals surface area contributed by atoms with Crippen LogP contribution in [-0.2, 0) is 0 Å². The molecule has 0 saturated heterocycles. The number of aryl methyl sites for hydroxylation is 1. The normalized spacial score (nSPS) is 11.7. The van der Waals surface area contributed by atoms with Crippen LogP contribution in [0.3, 0.4) is 0 Å². The second-order valence-electron chi connectivity index (χ2n) is 3.62. The van der Waals surface area contributed by atoms with Gasteiger partial charge in [-0.05, 0) is 30.5 Å². The molecule has 0 aliphatic heterocycles. The zero-order valence-corrected chi connectivity index (χ0v) is 10.4. The Labute approximate surface area is 98.2 Å². The van der Waals surface area contributed by atoms with Crippen LogP contribution in [0.2, 0.25) is 0 Å². The summed E-state index contributed by atoms with van der Waals surface area (Å²) < 4.78 is 5.20. The molecule has 0 radical (unpaired) electrons. The second-order valence-corrected chi connectivity index (χ2v) is 3.62. The van der Waals surface area contributed by atoms with Crippen LogP contribution < -0.4 is 10.5 Å². The lowest BCUT2D eigenvalue weighted by Gasteiger charge is -2.13. The molecule has 0 amide bonds. The van der Waals surface area contributed by atoms with Crippen LogP contribution in [0.4, 0.5) is 0 Å². The molecule has 0 spiro atoms. The van der Waals surface area contributed by atoms with Crippen molar-refractivity contribution in [3.8, 4) is 5.75 Å². The van der Waals surface area contributed by atoms with Gasteiger partial charge in [0.05, 0.1) is 7.11 Å². The highest BCUT2D eigenvalue weighted by atomic mass is 35.5. The van der Waals surface area contributed by atoms with Crippen LogP contribution in [0.5, 0.6) is 5.75 Å². The number of rotatable bonds is 4. The molecule has 2 N–H and O–H groups in total. The molecular weight excluding hydrogens is 210 g/mol. The summed E-state index contributed by atoms with van der Waals surface area (Å²) in [5.74, 6) is 0.928. The van der Waals surface area contributed by atoms with Gasteiger partial charge in [0.1, 0.15) is 5.75 Å². The van der Waals surface area contributed by atoms with Gasteiger partial charge in [-0.15, -0.1) is 12.4 Å². The fraction of sp³-hybridized carbons (Fsp3) is 0.500. The maximum absolute atomic E-state index is 6.03. The molecule has 0 fully saturated rings. The molecule has 1 aromatic rings. The number of hydrogen-bond acceptors (Lipinski definition) is 2. The fourth-order valence-corrected chi connectivity index (χ4v) is 1.61. The highest BCUT2D eigenvalue weighted by Gasteiger charge is 2.06. The average molecular weight is 230 g/mol. The van der Waals surface area contributed by atoms with Crippen LogP contribution in [-0.4, -0.2) is 7.11 Å². The number of ether oxygens (including phenoxy) is 1. The van der Waals surface area contributed by atoms with Gasteiger partial charge in [-0.3, -0.25) is 0 Å². The third kappa shape index (κ3) is 3.73. The maximum atomic E-state index is 6.03. The summed E-state index contributed by atoms with van der Waals surface area (Å²) >= 11 is 0. The third-order valence-electron chi connectivity index (χ3n) is 2.45. The zero-order valence-electron chi connectivity index (χ0n) is 9.62. The van der Waals surface area contributed by atoms with E-state index in [1.54, 1.807) is 7.11 Å². The van der Waals surface area contributed by atoms with Gasteiger partial charge in [0.15, 0.2) is 0 Å². The van der Waals surface area contributed by atoms with E-state index in [9.17, 15) is 0 Å². The Kier molecular flexibility index (Phi) is 6.37. The van der Waals surface area contributed by atoms with Gasteiger partial charge in [0.25, 0.3) is 0 Å². The molecule has 0 heterocycles. The molecular formula is C12H20ClNO. The molecule has 3 heteroatoms. The summed E-state index contributed by atoms with van der Waals surface area (Å²) in [4.78, 5) is 0. The molecule has 0 bridgehead atoms. The average Bonchev–Trinajstić information content (AvgIpc) is 2.18. The summed E-state index contributed by atoms with van der Waals surface area (Å²) in [6, 6.07) is 6.30. The quantitative estimate of drug-likeness (QED) is 0.861. The summed E-state index contributed by atoms with van der Waals surface area (Å²) in [6.45, 7) is 4.19. The Morgan fingerprint density at radius 2 is 2.07 bits per heavy atom. The van der Waals surface area contributed by atoms with Crippen molar-refractivity contribution >= 4 is 12.4 Å². The van der Waals surface area contributed by atoms with Crippen LogP contribution >= 0.6 is 12.4 Å². The van der Waals surface area contributed by atoms with E-state index >= 15 is 0 Å². The number of nitrogens with two attached hydrogens (primary N) is 1. The highest BCUT2D eigenvalue weighted by Crippen LogP contribution is 2.23. The van der Waals surface area contributed by atoms with E-state index < -0.39 is 0 Å². The van der Waals surface area contributed by atoms with Crippen molar-refractivity contribution in [2.45, 2.75) is 32.7 Å². The first kappa shape index (κ1) is 14.3. The standard InChI is InChI=1S/C12H19NO.ClH/c1-4-5-11(13)10-6-7-12(14-3)9(2)8-10;/h6-8,11H,4-5,13H2,1-3H3;1H/t11-;/m0./s1. The lowest BCUT2D eigenvalue weighted by atomic mass is 10.0. The molecule has 2 nitrogen and oxygen atoms in total. The van der Waals surface area contributed by atoms with Gasteiger partial charge in [-0.2, -0.15) is 0 Å². The molecule has 1 rings (SSSR count). The zero-order chi connectivity index (χ0) is 10.6. The summed E-state index contributed by atoms with van der Waals surface area (Å²) in [7, 11) is 1.69. The van der Waals surface area contributed by atoms with Gasteiger partial charge in [0, 0.05) is 6.04 Å². The minimum atomic E-state index is 0. The molecule has 1 atom stereocenters. The topological polar surface area (TPSA) is 35.2 Å². The van der Waals surface area contributed by atoms with E-state index in [4.69, 9.17) is 10.5 Å². The highest BCUT2D eigenvalue weighted by molar-refractivity contribution is 5.85. The first-order valence-corrected chi connectivity index (χ1v) is 5.09. The Morgan fingerprint density at radius 3 is 2.53 bits per heavy atom. The van der Waals surface area contributed by atoms with Gasteiger partial charge >= 0.3 is 0 Å². The van der Waals surface area contributed by atoms with Gasteiger partial charge in [0.2, 0.25) is 0 Å². The number of halogens is 1. The number of methoxy groups -OCH3 is 1. The number of hydrogen-bond donors (Lipinski definition) is 1. The first-order valence-electron chi connectivity index (χ1n) is 5.09. The predicted molar refractivity (Wildman–Crippen MR) is 66.8 cm³/mol. The summed E-state index contributed by atoms with van der Waals surface area (Å²) in [6.07, 6.45) is 2.15.